The van der Waals surface area contributed by atoms with Gasteiger partial charge < -0.3 is 5.11 Å². The van der Waals surface area contributed by atoms with E-state index in [0.717, 1.165) is 31.8 Å². The minimum absolute atomic E-state index is 0.442. The van der Waals surface area contributed by atoms with E-state index in [2.05, 4.69) is 17.5 Å². The van der Waals surface area contributed by atoms with Crippen molar-refractivity contribution in [1.29, 1.82) is 0 Å². The van der Waals surface area contributed by atoms with Gasteiger partial charge in [0.15, 0.2) is 0 Å². The highest BCUT2D eigenvalue weighted by atomic mass is 32.1. The number of rotatable bonds is 2. The summed E-state index contributed by atoms with van der Waals surface area (Å²) in [4.78, 5) is 2.24. The molecule has 60 valence electrons. The Morgan fingerprint density at radius 2 is 2.40 bits per heavy atom. The lowest BCUT2D eigenvalue weighted by atomic mass is 10.1. The maximum absolute atomic E-state index is 9.52. The van der Waals surface area contributed by atoms with Crippen LogP contribution in [0.2, 0.25) is 0 Å². The topological polar surface area (TPSA) is 23.5 Å². The first-order chi connectivity index (χ1) is 4.64. The molecular weight excluding hydrogens is 146 g/mol. The van der Waals surface area contributed by atoms with Crippen LogP contribution in [0, 0.1) is 0 Å². The van der Waals surface area contributed by atoms with E-state index in [0.29, 0.717) is 0 Å². The second-order valence-electron chi connectivity index (χ2n) is 3.25. The zero-order chi connectivity index (χ0) is 7.61. The summed E-state index contributed by atoms with van der Waals surface area (Å²) >= 11 is 4.13. The molecule has 0 aromatic heterocycles. The van der Waals surface area contributed by atoms with Gasteiger partial charge in [-0.3, -0.25) is 4.90 Å². The molecule has 2 nitrogen and oxygen atoms in total. The maximum Gasteiger partial charge on any atom is 0.0758 e. The molecule has 0 radical (unpaired) electrons. The van der Waals surface area contributed by atoms with E-state index in [9.17, 15) is 5.11 Å². The number of hydrogen-bond donors (Lipinski definition) is 2. The van der Waals surface area contributed by atoms with Gasteiger partial charge >= 0.3 is 0 Å². The van der Waals surface area contributed by atoms with Crippen LogP contribution in [0.5, 0.6) is 0 Å². The standard InChI is InChI=1S/C7H15NOS/c1-7(9)2-3-8(6-7)4-5-10/h9-10H,2-6H2,1H3. The Labute approximate surface area is 67.6 Å². The van der Waals surface area contributed by atoms with Crippen molar-refractivity contribution in [1.82, 2.24) is 4.90 Å². The molecule has 1 atom stereocenters. The molecule has 3 heteroatoms. The molecule has 1 N–H and O–H groups in total. The molecule has 1 unspecified atom stereocenters. The molecule has 0 aromatic rings. The summed E-state index contributed by atoms with van der Waals surface area (Å²) in [5, 5.41) is 9.52. The van der Waals surface area contributed by atoms with Crippen LogP contribution in [-0.4, -0.2) is 41.0 Å². The number of aliphatic hydroxyl groups is 1. The van der Waals surface area contributed by atoms with Gasteiger partial charge in [0.05, 0.1) is 5.60 Å². The van der Waals surface area contributed by atoms with Gasteiger partial charge in [0.2, 0.25) is 0 Å². The summed E-state index contributed by atoms with van der Waals surface area (Å²) < 4.78 is 0. The summed E-state index contributed by atoms with van der Waals surface area (Å²) in [7, 11) is 0. The predicted molar refractivity (Wildman–Crippen MR) is 45.5 cm³/mol. The molecule has 1 rings (SSSR count). The average molecular weight is 161 g/mol. The molecule has 0 spiro atoms. The van der Waals surface area contributed by atoms with E-state index in [1.165, 1.54) is 0 Å². The summed E-state index contributed by atoms with van der Waals surface area (Å²) in [5.74, 6) is 0.885. The van der Waals surface area contributed by atoms with Crippen LogP contribution in [0.15, 0.2) is 0 Å². The molecule has 0 saturated carbocycles. The molecular formula is C7H15NOS. The zero-order valence-corrected chi connectivity index (χ0v) is 7.27. The van der Waals surface area contributed by atoms with Crippen LogP contribution >= 0.6 is 12.6 Å². The average Bonchev–Trinajstić information content (AvgIpc) is 2.12. The SMILES string of the molecule is CC1(O)CCN(CCS)C1. The van der Waals surface area contributed by atoms with E-state index in [-0.39, 0.29) is 0 Å². The molecule has 1 aliphatic heterocycles. The Bertz CT molecular complexity index is 116. The fourth-order valence-corrected chi connectivity index (χ4v) is 1.65. The lowest BCUT2D eigenvalue weighted by Crippen LogP contribution is -2.30. The Kier molecular flexibility index (Phi) is 2.61. The fraction of sp³-hybridized carbons (Fsp3) is 1.00. The maximum atomic E-state index is 9.52. The Hall–Kier alpha value is 0.270. The van der Waals surface area contributed by atoms with Gasteiger partial charge in [-0.2, -0.15) is 12.6 Å². The van der Waals surface area contributed by atoms with E-state index >= 15 is 0 Å². The smallest absolute Gasteiger partial charge is 0.0758 e. The Morgan fingerprint density at radius 1 is 1.70 bits per heavy atom. The molecule has 0 amide bonds. The van der Waals surface area contributed by atoms with Crippen molar-refractivity contribution < 1.29 is 5.11 Å². The second-order valence-corrected chi connectivity index (χ2v) is 3.69. The monoisotopic (exact) mass is 161 g/mol. The van der Waals surface area contributed by atoms with Crippen LogP contribution in [0.4, 0.5) is 0 Å². The van der Waals surface area contributed by atoms with E-state index in [4.69, 9.17) is 0 Å². The van der Waals surface area contributed by atoms with Gasteiger partial charge in [0.25, 0.3) is 0 Å². The predicted octanol–water partition coefficient (Wildman–Crippen LogP) is 0.373. The van der Waals surface area contributed by atoms with Gasteiger partial charge in [0, 0.05) is 25.4 Å². The molecule has 1 fully saturated rings. The van der Waals surface area contributed by atoms with Crippen LogP contribution in [0.3, 0.4) is 0 Å². The van der Waals surface area contributed by atoms with E-state index in [1.54, 1.807) is 0 Å². The third-order valence-corrected chi connectivity index (χ3v) is 2.15. The first-order valence-corrected chi connectivity index (χ1v) is 4.33. The van der Waals surface area contributed by atoms with Crippen molar-refractivity contribution in [3.05, 3.63) is 0 Å². The van der Waals surface area contributed by atoms with Crippen molar-refractivity contribution in [3.63, 3.8) is 0 Å². The third kappa shape index (κ3) is 2.15. The Morgan fingerprint density at radius 3 is 2.80 bits per heavy atom. The molecule has 1 heterocycles. The number of likely N-dealkylation sites (tertiary alicyclic amines) is 1. The summed E-state index contributed by atoms with van der Waals surface area (Å²) in [6, 6.07) is 0. The van der Waals surface area contributed by atoms with Gasteiger partial charge in [-0.05, 0) is 13.3 Å². The normalized spacial score (nSPS) is 35.1. The number of hydrogen-bond acceptors (Lipinski definition) is 3. The summed E-state index contributed by atoms with van der Waals surface area (Å²) in [6.45, 7) is 4.73. The zero-order valence-electron chi connectivity index (χ0n) is 6.38. The first-order valence-electron chi connectivity index (χ1n) is 3.70. The largest absolute Gasteiger partial charge is 0.389 e. The van der Waals surface area contributed by atoms with Crippen LogP contribution in [0.1, 0.15) is 13.3 Å². The van der Waals surface area contributed by atoms with Gasteiger partial charge in [-0.25, -0.2) is 0 Å². The van der Waals surface area contributed by atoms with Crippen molar-refractivity contribution >= 4 is 12.6 Å². The van der Waals surface area contributed by atoms with Gasteiger partial charge in [0.1, 0.15) is 0 Å². The van der Waals surface area contributed by atoms with Crippen molar-refractivity contribution in [2.24, 2.45) is 0 Å². The number of nitrogens with zero attached hydrogens (tertiary/aromatic N) is 1. The third-order valence-electron chi connectivity index (χ3n) is 1.95. The number of thiol groups is 1. The van der Waals surface area contributed by atoms with Crippen LogP contribution < -0.4 is 0 Å². The molecule has 10 heavy (non-hydrogen) atoms. The molecule has 1 saturated heterocycles. The van der Waals surface area contributed by atoms with Crippen molar-refractivity contribution in [2.45, 2.75) is 18.9 Å². The highest BCUT2D eigenvalue weighted by Gasteiger charge is 2.30. The second kappa shape index (κ2) is 3.11. The molecule has 1 aliphatic rings. The number of β-amino-alcohol motifs (C(OH)–C–C–N with tert-alkyl or cyclic N) is 1. The van der Waals surface area contributed by atoms with Crippen LogP contribution in [0.25, 0.3) is 0 Å². The minimum atomic E-state index is -0.442. The van der Waals surface area contributed by atoms with Crippen molar-refractivity contribution in [3.8, 4) is 0 Å². The summed E-state index contributed by atoms with van der Waals surface area (Å²) in [5.41, 5.74) is -0.442. The highest BCUT2D eigenvalue weighted by Crippen LogP contribution is 2.19. The van der Waals surface area contributed by atoms with Gasteiger partial charge in [-0.1, -0.05) is 0 Å². The Balaban J connectivity index is 2.29. The van der Waals surface area contributed by atoms with Crippen molar-refractivity contribution in [2.75, 3.05) is 25.4 Å². The lowest BCUT2D eigenvalue weighted by molar-refractivity contribution is 0.0696. The van der Waals surface area contributed by atoms with Crippen LogP contribution in [-0.2, 0) is 0 Å². The summed E-state index contributed by atoms with van der Waals surface area (Å²) in [6.07, 6.45) is 0.904. The van der Waals surface area contributed by atoms with Gasteiger partial charge in [-0.15, -0.1) is 0 Å². The minimum Gasteiger partial charge on any atom is -0.389 e. The van der Waals surface area contributed by atoms with E-state index in [1.807, 2.05) is 6.92 Å². The first kappa shape index (κ1) is 8.37. The highest BCUT2D eigenvalue weighted by molar-refractivity contribution is 7.80. The molecule has 0 aromatic carbocycles. The molecule has 0 aliphatic carbocycles. The quantitative estimate of drug-likeness (QED) is 0.572. The fourth-order valence-electron chi connectivity index (χ4n) is 1.37. The van der Waals surface area contributed by atoms with E-state index < -0.39 is 5.60 Å². The lowest BCUT2D eigenvalue weighted by Gasteiger charge is -2.17. The molecule has 0 bridgehead atoms.